The molecule has 0 aromatic carbocycles. The SMILES string of the molecule is COc1cc(NC(C)(C)C)nc(C2CC2)n1. The van der Waals surface area contributed by atoms with Crippen LogP contribution in [0.4, 0.5) is 5.82 Å². The van der Waals surface area contributed by atoms with Crippen molar-refractivity contribution in [2.24, 2.45) is 0 Å². The number of nitrogens with one attached hydrogen (secondary N) is 1. The summed E-state index contributed by atoms with van der Waals surface area (Å²) in [6.45, 7) is 6.33. The molecule has 0 spiro atoms. The zero-order chi connectivity index (χ0) is 11.8. The first kappa shape index (κ1) is 11.2. The van der Waals surface area contributed by atoms with Crippen LogP contribution in [-0.4, -0.2) is 22.6 Å². The van der Waals surface area contributed by atoms with E-state index in [4.69, 9.17) is 4.74 Å². The van der Waals surface area contributed by atoms with Gasteiger partial charge in [0.05, 0.1) is 7.11 Å². The molecule has 0 bridgehead atoms. The summed E-state index contributed by atoms with van der Waals surface area (Å²) in [5.74, 6) is 2.94. The van der Waals surface area contributed by atoms with Crippen LogP contribution in [0.15, 0.2) is 6.07 Å². The predicted octanol–water partition coefficient (Wildman–Crippen LogP) is 2.57. The highest BCUT2D eigenvalue weighted by atomic mass is 16.5. The molecule has 0 aliphatic heterocycles. The molecule has 1 aliphatic rings. The zero-order valence-electron chi connectivity index (χ0n) is 10.4. The molecule has 1 aliphatic carbocycles. The maximum absolute atomic E-state index is 5.20. The molecular formula is C12H19N3O. The van der Waals surface area contributed by atoms with Crippen LogP contribution in [0.5, 0.6) is 5.88 Å². The lowest BCUT2D eigenvalue weighted by atomic mass is 10.1. The van der Waals surface area contributed by atoms with E-state index in [2.05, 4.69) is 36.1 Å². The van der Waals surface area contributed by atoms with Crippen molar-refractivity contribution in [2.45, 2.75) is 45.1 Å². The molecule has 1 fully saturated rings. The third-order valence-electron chi connectivity index (χ3n) is 2.37. The van der Waals surface area contributed by atoms with Crippen molar-refractivity contribution >= 4 is 5.82 Å². The van der Waals surface area contributed by atoms with Crippen LogP contribution in [-0.2, 0) is 0 Å². The van der Waals surface area contributed by atoms with Crippen LogP contribution < -0.4 is 10.1 Å². The van der Waals surface area contributed by atoms with Gasteiger partial charge in [-0.2, -0.15) is 4.98 Å². The van der Waals surface area contributed by atoms with E-state index in [0.717, 1.165) is 11.6 Å². The van der Waals surface area contributed by atoms with Gasteiger partial charge in [-0.05, 0) is 33.6 Å². The van der Waals surface area contributed by atoms with Crippen molar-refractivity contribution in [1.82, 2.24) is 9.97 Å². The Labute approximate surface area is 96.4 Å². The van der Waals surface area contributed by atoms with Gasteiger partial charge in [-0.15, -0.1) is 0 Å². The second-order valence-electron chi connectivity index (χ2n) is 5.30. The molecule has 1 saturated carbocycles. The van der Waals surface area contributed by atoms with Crippen LogP contribution in [0.25, 0.3) is 0 Å². The van der Waals surface area contributed by atoms with Gasteiger partial charge in [0.25, 0.3) is 0 Å². The molecule has 1 aromatic rings. The highest BCUT2D eigenvalue weighted by molar-refractivity contribution is 5.41. The van der Waals surface area contributed by atoms with Crippen LogP contribution in [0.3, 0.4) is 0 Å². The van der Waals surface area contributed by atoms with Crippen LogP contribution in [0.2, 0.25) is 0 Å². The van der Waals surface area contributed by atoms with Gasteiger partial charge in [0, 0.05) is 17.5 Å². The minimum atomic E-state index is 0.000184. The zero-order valence-corrected chi connectivity index (χ0v) is 10.4. The fraction of sp³-hybridized carbons (Fsp3) is 0.667. The Morgan fingerprint density at radius 1 is 1.31 bits per heavy atom. The van der Waals surface area contributed by atoms with Gasteiger partial charge in [-0.3, -0.25) is 0 Å². The third kappa shape index (κ3) is 2.84. The lowest BCUT2D eigenvalue weighted by molar-refractivity contribution is 0.395. The van der Waals surface area contributed by atoms with E-state index in [1.165, 1.54) is 12.8 Å². The van der Waals surface area contributed by atoms with Gasteiger partial charge < -0.3 is 10.1 Å². The fourth-order valence-corrected chi connectivity index (χ4v) is 1.52. The minimum absolute atomic E-state index is 0.000184. The van der Waals surface area contributed by atoms with Gasteiger partial charge in [-0.25, -0.2) is 4.98 Å². The Morgan fingerprint density at radius 3 is 2.50 bits per heavy atom. The Morgan fingerprint density at radius 2 is 2.00 bits per heavy atom. The van der Waals surface area contributed by atoms with Crippen LogP contribution in [0, 0.1) is 0 Å². The number of aromatic nitrogens is 2. The van der Waals surface area contributed by atoms with Gasteiger partial charge in [0.1, 0.15) is 11.6 Å². The topological polar surface area (TPSA) is 47.0 Å². The molecule has 1 N–H and O–H groups in total. The predicted molar refractivity (Wildman–Crippen MR) is 63.9 cm³/mol. The largest absolute Gasteiger partial charge is 0.481 e. The molecule has 0 saturated heterocycles. The summed E-state index contributed by atoms with van der Waals surface area (Å²) in [5.41, 5.74) is 0.000184. The van der Waals surface area contributed by atoms with Gasteiger partial charge in [0.15, 0.2) is 0 Å². The Kier molecular flexibility index (Phi) is 2.74. The summed E-state index contributed by atoms with van der Waals surface area (Å²) >= 11 is 0. The molecule has 1 heterocycles. The highest BCUT2D eigenvalue weighted by Gasteiger charge is 2.27. The van der Waals surface area contributed by atoms with Gasteiger partial charge in [0.2, 0.25) is 5.88 Å². The first-order chi connectivity index (χ1) is 7.48. The summed E-state index contributed by atoms with van der Waals surface area (Å²) in [6, 6.07) is 1.84. The average molecular weight is 221 g/mol. The molecule has 2 rings (SSSR count). The van der Waals surface area contributed by atoms with E-state index in [0.29, 0.717) is 11.8 Å². The summed E-state index contributed by atoms with van der Waals surface area (Å²) in [7, 11) is 1.64. The quantitative estimate of drug-likeness (QED) is 0.852. The first-order valence-electron chi connectivity index (χ1n) is 5.69. The summed E-state index contributed by atoms with van der Waals surface area (Å²) in [4.78, 5) is 8.90. The standard InChI is InChI=1S/C12H19N3O/c1-12(2,3)15-9-7-10(16-4)14-11(13-9)8-5-6-8/h7-8H,5-6H2,1-4H3,(H,13,14,15). The third-order valence-corrected chi connectivity index (χ3v) is 2.37. The first-order valence-corrected chi connectivity index (χ1v) is 5.69. The van der Waals surface area contributed by atoms with Gasteiger partial charge in [-0.1, -0.05) is 0 Å². The number of methoxy groups -OCH3 is 1. The number of rotatable bonds is 3. The van der Waals surface area contributed by atoms with Crippen molar-refractivity contribution in [2.75, 3.05) is 12.4 Å². The minimum Gasteiger partial charge on any atom is -0.481 e. The Bertz CT molecular complexity index is 380. The van der Waals surface area contributed by atoms with Crippen molar-refractivity contribution in [1.29, 1.82) is 0 Å². The maximum Gasteiger partial charge on any atom is 0.218 e. The molecular weight excluding hydrogens is 202 g/mol. The highest BCUT2D eigenvalue weighted by Crippen LogP contribution is 2.39. The van der Waals surface area contributed by atoms with E-state index < -0.39 is 0 Å². The van der Waals surface area contributed by atoms with E-state index >= 15 is 0 Å². The monoisotopic (exact) mass is 221 g/mol. The fourth-order valence-electron chi connectivity index (χ4n) is 1.52. The number of hydrogen-bond acceptors (Lipinski definition) is 4. The number of anilines is 1. The normalized spacial score (nSPS) is 16.0. The van der Waals surface area contributed by atoms with E-state index in [-0.39, 0.29) is 5.54 Å². The average Bonchev–Trinajstić information content (AvgIpc) is 2.97. The number of ether oxygens (including phenoxy) is 1. The number of hydrogen-bond donors (Lipinski definition) is 1. The second kappa shape index (κ2) is 3.92. The summed E-state index contributed by atoms with van der Waals surface area (Å²) in [5, 5.41) is 3.35. The lowest BCUT2D eigenvalue weighted by Gasteiger charge is -2.21. The smallest absolute Gasteiger partial charge is 0.218 e. The number of nitrogens with zero attached hydrogens (tertiary/aromatic N) is 2. The molecule has 0 atom stereocenters. The maximum atomic E-state index is 5.20. The molecule has 16 heavy (non-hydrogen) atoms. The second-order valence-corrected chi connectivity index (χ2v) is 5.30. The molecule has 88 valence electrons. The Hall–Kier alpha value is -1.32. The van der Waals surface area contributed by atoms with Crippen molar-refractivity contribution in [3.63, 3.8) is 0 Å². The molecule has 4 heteroatoms. The van der Waals surface area contributed by atoms with E-state index in [1.54, 1.807) is 7.11 Å². The van der Waals surface area contributed by atoms with Crippen molar-refractivity contribution < 1.29 is 4.74 Å². The summed E-state index contributed by atoms with van der Waals surface area (Å²) < 4.78 is 5.20. The lowest BCUT2D eigenvalue weighted by Crippen LogP contribution is -2.27. The van der Waals surface area contributed by atoms with Crippen molar-refractivity contribution in [3.8, 4) is 5.88 Å². The summed E-state index contributed by atoms with van der Waals surface area (Å²) in [6.07, 6.45) is 2.39. The molecule has 0 radical (unpaired) electrons. The molecule has 4 nitrogen and oxygen atoms in total. The van der Waals surface area contributed by atoms with Crippen molar-refractivity contribution in [3.05, 3.63) is 11.9 Å². The van der Waals surface area contributed by atoms with Crippen LogP contribution >= 0.6 is 0 Å². The van der Waals surface area contributed by atoms with E-state index in [1.807, 2.05) is 6.07 Å². The van der Waals surface area contributed by atoms with Crippen LogP contribution in [0.1, 0.15) is 45.4 Å². The Balaban J connectivity index is 2.25. The van der Waals surface area contributed by atoms with Gasteiger partial charge >= 0.3 is 0 Å². The molecule has 0 unspecified atom stereocenters. The van der Waals surface area contributed by atoms with E-state index in [9.17, 15) is 0 Å². The molecule has 1 aromatic heterocycles. The molecule has 0 amide bonds.